The smallest absolute Gasteiger partial charge is 0.408 e. The number of alkyl carbamates (subject to hydrolysis) is 2. The first-order valence-corrected chi connectivity index (χ1v) is 33.7. The second-order valence-corrected chi connectivity index (χ2v) is 27.5. The standard InChI is InChI=1S/C36H43N5O8.C30H38N4O8.C6H7NO/c1-35(2,3)48-33(45)37-27-18-11-6-4-5-8-14-23-21-36(23,32(44)40-49-24-15-9-7-10-16-24)39-30(42)28-20-25(22-41(28)31(27)43)46-34-38-26-17-12-13-19-29(26)47-34;1-29(2,3)42-27(39)31-21-13-8-6-4-5-7-11-18-16-30(18,26(37)38)33-24(35)22-15-19(17-34(22)25(21)36)40-28-32-20-12-9-10-14-23(20)41-28;7-8-6-4-2-1-3-5-6/h7-10,12-17,19,23,25,27-28H,4-6,11,18,20-22H2,1-3H3,(H,37,45)(H,39,42)(H,40,44);7,9-12,14,18-19,21-22H,4-6,8,13,15-17H2,1-3H3,(H,31,39)(H,33,35)(H,37,38);1-5H,7H2/b14-8-;11-7-;/t23-,25-,27+,28+,36-;18-,19-,21+,22+,30-;/m11./s1. The number of oxazole rings is 2. The summed E-state index contributed by atoms with van der Waals surface area (Å²) in [6, 6.07) is 28.5. The average Bonchev–Trinajstić information content (AvgIpc) is 1.59. The monoisotopic (exact) mass is 1360 g/mol. The third-order valence-corrected chi connectivity index (χ3v) is 17.6. The Kier molecular flexibility index (Phi) is 22.8. The molecule has 7 amide bonds. The van der Waals surface area contributed by atoms with E-state index in [-0.39, 0.29) is 56.3 Å². The van der Waals surface area contributed by atoms with E-state index in [1.807, 2.05) is 72.8 Å². The van der Waals surface area contributed by atoms with Gasteiger partial charge in [0.1, 0.15) is 75.4 Å². The van der Waals surface area contributed by atoms with Crippen molar-refractivity contribution in [3.8, 4) is 23.7 Å². The number of hydrogen-bond donors (Lipinski definition) is 7. The first-order valence-electron chi connectivity index (χ1n) is 33.7. The van der Waals surface area contributed by atoms with E-state index in [1.165, 1.54) is 9.80 Å². The van der Waals surface area contributed by atoms with Crippen molar-refractivity contribution in [2.75, 3.05) is 13.1 Å². The molecule has 2 saturated heterocycles. The number of rotatable bonds is 11. The predicted octanol–water partition coefficient (Wildman–Crippen LogP) is 9.06. The molecule has 2 saturated carbocycles. The predicted molar refractivity (Wildman–Crippen MR) is 360 cm³/mol. The summed E-state index contributed by atoms with van der Waals surface area (Å²) >= 11 is 0. The van der Waals surface area contributed by atoms with Crippen molar-refractivity contribution < 1.29 is 80.9 Å². The van der Waals surface area contributed by atoms with Crippen LogP contribution in [-0.4, -0.2) is 144 Å². The Hall–Kier alpha value is -10.2. The number of benzene rings is 4. The highest BCUT2D eigenvalue weighted by Gasteiger charge is 2.63. The number of aromatic nitrogens is 2. The highest BCUT2D eigenvalue weighted by atomic mass is 16.7. The quantitative estimate of drug-likeness (QED) is 0.0469. The largest absolute Gasteiger partial charge is 0.479 e. The van der Waals surface area contributed by atoms with Gasteiger partial charge in [-0.2, -0.15) is 21.3 Å². The van der Waals surface area contributed by atoms with Crippen LogP contribution in [0.1, 0.15) is 131 Å². The summed E-state index contributed by atoms with van der Waals surface area (Å²) in [5.74, 6) is 1.76. The third-order valence-electron chi connectivity index (χ3n) is 17.6. The van der Waals surface area contributed by atoms with Gasteiger partial charge in [0.2, 0.25) is 23.6 Å². The molecule has 10 atom stereocenters. The van der Waals surface area contributed by atoms with Crippen molar-refractivity contribution in [3.63, 3.8) is 0 Å². The lowest BCUT2D eigenvalue weighted by Crippen LogP contribution is -2.58. The van der Waals surface area contributed by atoms with Gasteiger partial charge in [0.05, 0.1) is 13.1 Å². The minimum Gasteiger partial charge on any atom is -0.479 e. The second-order valence-electron chi connectivity index (χ2n) is 27.5. The number of amides is 7. The summed E-state index contributed by atoms with van der Waals surface area (Å²) in [4.78, 5) is 129. The molecule has 27 nitrogen and oxygen atoms in total. The van der Waals surface area contributed by atoms with Gasteiger partial charge in [-0.25, -0.2) is 14.4 Å². The Labute approximate surface area is 573 Å². The molecule has 27 heteroatoms. The fourth-order valence-corrected chi connectivity index (χ4v) is 12.5. The molecule has 4 aromatic carbocycles. The molecule has 2 aliphatic carbocycles. The maximum Gasteiger partial charge on any atom is 0.408 e. The number of nitrogens with zero attached hydrogens (tertiary/aromatic N) is 4. The van der Waals surface area contributed by atoms with Crippen molar-refractivity contribution in [2.45, 2.75) is 190 Å². The Morgan fingerprint density at radius 3 is 1.43 bits per heavy atom. The molecule has 12 rings (SSSR count). The molecule has 6 aromatic rings. The van der Waals surface area contributed by atoms with E-state index < -0.39 is 106 Å². The molecule has 6 aliphatic rings. The maximum absolute atomic E-state index is 14.3. The molecule has 0 spiro atoms. The minimum atomic E-state index is -1.42. The van der Waals surface area contributed by atoms with Crippen LogP contribution in [0.5, 0.6) is 23.7 Å². The summed E-state index contributed by atoms with van der Waals surface area (Å²) in [7, 11) is 0. The van der Waals surface area contributed by atoms with E-state index in [2.05, 4.69) is 41.6 Å². The first-order chi connectivity index (χ1) is 47.4. The molecule has 2 aromatic heterocycles. The maximum atomic E-state index is 14.3. The van der Waals surface area contributed by atoms with Crippen LogP contribution >= 0.6 is 0 Å². The molecule has 528 valence electrons. The molecule has 0 radical (unpaired) electrons. The molecule has 0 unspecified atom stereocenters. The second kappa shape index (κ2) is 31.6. The Bertz CT molecular complexity index is 3820. The number of nitrogens with two attached hydrogens (primary N) is 1. The molecule has 99 heavy (non-hydrogen) atoms. The zero-order chi connectivity index (χ0) is 70.5. The number of nitrogens with one attached hydrogen (secondary N) is 5. The third kappa shape index (κ3) is 18.9. The van der Waals surface area contributed by atoms with Gasteiger partial charge < -0.3 is 73.6 Å². The number of para-hydroxylation sites is 6. The van der Waals surface area contributed by atoms with E-state index in [4.69, 9.17) is 38.5 Å². The van der Waals surface area contributed by atoms with Crippen LogP contribution in [0.15, 0.2) is 142 Å². The van der Waals surface area contributed by atoms with Crippen molar-refractivity contribution in [1.29, 1.82) is 0 Å². The van der Waals surface area contributed by atoms with Crippen molar-refractivity contribution in [1.82, 2.24) is 46.5 Å². The van der Waals surface area contributed by atoms with E-state index in [0.717, 1.165) is 38.5 Å². The van der Waals surface area contributed by atoms with Gasteiger partial charge in [0.15, 0.2) is 16.9 Å². The number of fused-ring (bicyclic) bond motifs is 6. The molecule has 6 heterocycles. The number of hydroxylamine groups is 1. The molecular formula is C72H88N10O17. The van der Waals surface area contributed by atoms with Crippen LogP contribution in [0.25, 0.3) is 22.2 Å². The van der Waals surface area contributed by atoms with E-state index in [0.29, 0.717) is 65.8 Å². The topological polar surface area (TPSA) is 357 Å². The zero-order valence-electron chi connectivity index (χ0n) is 56.5. The first kappa shape index (κ1) is 71.6. The van der Waals surface area contributed by atoms with Gasteiger partial charge in [-0.3, -0.25) is 24.0 Å². The summed E-state index contributed by atoms with van der Waals surface area (Å²) in [5.41, 5.74) is 0.572. The lowest BCUT2D eigenvalue weighted by Gasteiger charge is -2.30. The van der Waals surface area contributed by atoms with Gasteiger partial charge in [-0.1, -0.05) is 111 Å². The van der Waals surface area contributed by atoms with Gasteiger partial charge in [0, 0.05) is 24.7 Å². The fraction of sp³-hybridized carbons (Fsp3) is 0.472. The van der Waals surface area contributed by atoms with Crippen LogP contribution in [-0.2, 0) is 38.2 Å². The van der Waals surface area contributed by atoms with Crippen molar-refractivity contribution >= 4 is 69.9 Å². The number of carbonyl (C=O) groups excluding carboxylic acids is 7. The molecule has 0 bridgehead atoms. The van der Waals surface area contributed by atoms with Crippen LogP contribution in [0, 0.1) is 11.8 Å². The summed E-state index contributed by atoms with van der Waals surface area (Å²) in [6.45, 7) is 10.5. The lowest BCUT2D eigenvalue weighted by atomic mass is 10.0. The molecule has 4 fully saturated rings. The van der Waals surface area contributed by atoms with Gasteiger partial charge in [-0.15, -0.1) is 0 Å². The SMILES string of the molecule is CC(C)(C)OC(=O)N[C@H]1CCCCC/C=C\[C@@H]2C[C@@]2(C(=O)NOc2ccccc2)NC(=O)[C@@H]2C[C@@H](Oc3nc4ccccc4o3)CN2C1=O.CC(C)(C)OC(=O)N[C@H]1CCCCC/C=C\[C@@H]2C[C@@]2(C(=O)O)NC(=O)[C@@H]2C[C@@H](Oc3nc4ccccc4o3)CN2C1=O.NOc1ccccc1. The minimum absolute atomic E-state index is 0.00892. The number of hydrogen-bond acceptors (Lipinski definition) is 19. The van der Waals surface area contributed by atoms with Crippen molar-refractivity contribution in [3.05, 3.63) is 133 Å². The number of ether oxygens (including phenoxy) is 4. The number of carboxylic acids is 1. The van der Waals surface area contributed by atoms with E-state index >= 15 is 0 Å². The van der Waals surface area contributed by atoms with Crippen LogP contribution in [0.3, 0.4) is 0 Å². The highest BCUT2D eigenvalue weighted by Crippen LogP contribution is 2.47. The normalized spacial score (nSPS) is 26.3. The van der Waals surface area contributed by atoms with Crippen LogP contribution in [0.2, 0.25) is 0 Å². The van der Waals surface area contributed by atoms with Crippen molar-refractivity contribution in [2.24, 2.45) is 17.7 Å². The Balaban J connectivity index is 0.000000194. The summed E-state index contributed by atoms with van der Waals surface area (Å²) in [6.07, 6.45) is 12.8. The van der Waals surface area contributed by atoms with Crippen LogP contribution in [0.4, 0.5) is 9.59 Å². The van der Waals surface area contributed by atoms with Gasteiger partial charge in [-0.05, 0) is 141 Å². The van der Waals surface area contributed by atoms with E-state index in [9.17, 15) is 43.5 Å². The number of aliphatic carboxylic acids is 1. The number of carbonyl (C=O) groups is 8. The molecular weight excluding hydrogens is 1280 g/mol. The summed E-state index contributed by atoms with van der Waals surface area (Å²) < 4.78 is 34.5. The highest BCUT2D eigenvalue weighted by molar-refractivity contribution is 5.99. The molecule has 8 N–H and O–H groups in total. The lowest BCUT2D eigenvalue weighted by molar-refractivity contribution is -0.145. The van der Waals surface area contributed by atoms with E-state index in [1.54, 1.807) is 102 Å². The van der Waals surface area contributed by atoms with Gasteiger partial charge >= 0.3 is 30.3 Å². The zero-order valence-corrected chi connectivity index (χ0v) is 56.5. The van der Waals surface area contributed by atoms with Crippen LogP contribution < -0.4 is 51.8 Å². The number of carboxylic acid groups (broad SMARTS) is 1. The fourth-order valence-electron chi connectivity index (χ4n) is 12.5. The Morgan fingerprint density at radius 2 is 1.00 bits per heavy atom. The average molecular weight is 1370 g/mol. The Morgan fingerprint density at radius 1 is 0.576 bits per heavy atom. The number of allylic oxidation sites excluding steroid dienone is 2. The summed E-state index contributed by atoms with van der Waals surface area (Å²) in [5, 5.41) is 21.2. The molecule has 4 aliphatic heterocycles. The van der Waals surface area contributed by atoms with Gasteiger partial charge in [0.25, 0.3) is 5.91 Å².